The number of carbonyl (C=O) groups excluding carboxylic acids is 1. The number of benzene rings is 2. The molecule has 0 aliphatic carbocycles. The lowest BCUT2D eigenvalue weighted by molar-refractivity contribution is -0.385. The molecule has 0 aromatic heterocycles. The fraction of sp³-hybridized carbons (Fsp3) is 0.222. The summed E-state index contributed by atoms with van der Waals surface area (Å²) in [5.41, 5.74) is 3.53. The van der Waals surface area contributed by atoms with E-state index >= 15 is 0 Å². The van der Waals surface area contributed by atoms with Gasteiger partial charge in [0.05, 0.1) is 17.7 Å². The van der Waals surface area contributed by atoms with E-state index in [1.165, 1.54) is 18.3 Å². The number of nitro benzene ring substituents is 1. The normalized spacial score (nSPS) is 10.6. The average molecular weight is 436 g/mol. The molecule has 0 fully saturated rings. The first kappa shape index (κ1) is 20.4. The third-order valence-corrected chi connectivity index (χ3v) is 3.83. The molecule has 2 rings (SSSR count). The van der Waals surface area contributed by atoms with Crippen molar-refractivity contribution in [1.29, 1.82) is 0 Å². The molecule has 0 spiro atoms. The van der Waals surface area contributed by atoms with E-state index in [4.69, 9.17) is 9.47 Å². The van der Waals surface area contributed by atoms with Gasteiger partial charge < -0.3 is 9.47 Å². The van der Waals surface area contributed by atoms with Crippen molar-refractivity contribution in [3.05, 3.63) is 62.1 Å². The van der Waals surface area contributed by atoms with Gasteiger partial charge in [0.15, 0.2) is 12.4 Å². The molecule has 1 amide bonds. The summed E-state index contributed by atoms with van der Waals surface area (Å²) in [6.07, 6.45) is 1.45. The van der Waals surface area contributed by atoms with Gasteiger partial charge in [-0.3, -0.25) is 14.9 Å². The predicted octanol–water partition coefficient (Wildman–Crippen LogP) is 3.59. The zero-order valence-corrected chi connectivity index (χ0v) is 16.4. The van der Waals surface area contributed by atoms with E-state index < -0.39 is 17.4 Å². The van der Waals surface area contributed by atoms with Crippen LogP contribution in [0.25, 0.3) is 0 Å². The van der Waals surface area contributed by atoms with Crippen LogP contribution in [0.1, 0.15) is 18.1 Å². The van der Waals surface area contributed by atoms with Crippen molar-refractivity contribution < 1.29 is 19.2 Å². The highest BCUT2D eigenvalue weighted by Crippen LogP contribution is 2.27. The van der Waals surface area contributed by atoms with E-state index in [2.05, 4.69) is 26.5 Å². The van der Waals surface area contributed by atoms with Gasteiger partial charge in [-0.05, 0) is 43.7 Å². The van der Waals surface area contributed by atoms with Crippen molar-refractivity contribution in [3.63, 3.8) is 0 Å². The Morgan fingerprint density at radius 3 is 2.70 bits per heavy atom. The van der Waals surface area contributed by atoms with Gasteiger partial charge in [-0.15, -0.1) is 0 Å². The number of hydrazone groups is 1. The number of aryl methyl sites for hydroxylation is 1. The first-order valence-corrected chi connectivity index (χ1v) is 8.82. The van der Waals surface area contributed by atoms with Crippen LogP contribution in [0, 0.1) is 17.0 Å². The van der Waals surface area contributed by atoms with Crippen molar-refractivity contribution in [2.75, 3.05) is 13.2 Å². The number of nitrogens with one attached hydrogen (secondary N) is 1. The lowest BCUT2D eigenvalue weighted by Crippen LogP contribution is -2.24. The first-order valence-electron chi connectivity index (χ1n) is 8.02. The maximum absolute atomic E-state index is 11.9. The molecule has 0 bridgehead atoms. The zero-order valence-electron chi connectivity index (χ0n) is 14.8. The third kappa shape index (κ3) is 6.07. The number of amides is 1. The molecule has 2 aromatic rings. The standard InChI is InChI=1S/C18H18BrN3O5/c1-3-26-16-7-5-14(19)9-13(16)10-20-21-18(23)11-27-17-6-4-12(2)8-15(17)22(24)25/h4-10H,3,11H2,1-2H3,(H,21,23). The third-order valence-electron chi connectivity index (χ3n) is 3.33. The average Bonchev–Trinajstić information content (AvgIpc) is 2.62. The summed E-state index contributed by atoms with van der Waals surface area (Å²) in [4.78, 5) is 22.4. The summed E-state index contributed by atoms with van der Waals surface area (Å²) in [7, 11) is 0. The summed E-state index contributed by atoms with van der Waals surface area (Å²) < 4.78 is 11.6. The minimum atomic E-state index is -0.555. The van der Waals surface area contributed by atoms with Crippen LogP contribution in [0.2, 0.25) is 0 Å². The van der Waals surface area contributed by atoms with E-state index in [0.29, 0.717) is 17.9 Å². The molecule has 2 aromatic carbocycles. The quantitative estimate of drug-likeness (QED) is 0.387. The van der Waals surface area contributed by atoms with Crippen molar-refractivity contribution in [1.82, 2.24) is 5.43 Å². The smallest absolute Gasteiger partial charge is 0.311 e. The minimum absolute atomic E-state index is 0.0235. The maximum Gasteiger partial charge on any atom is 0.311 e. The summed E-state index contributed by atoms with van der Waals surface area (Å²) in [5, 5.41) is 14.9. The molecule has 0 atom stereocenters. The van der Waals surface area contributed by atoms with Crippen LogP contribution in [0.3, 0.4) is 0 Å². The Balaban J connectivity index is 1.97. The van der Waals surface area contributed by atoms with Gasteiger partial charge >= 0.3 is 5.69 Å². The Labute approximate surface area is 164 Å². The van der Waals surface area contributed by atoms with E-state index in [1.807, 2.05) is 13.0 Å². The van der Waals surface area contributed by atoms with Crippen molar-refractivity contribution in [3.8, 4) is 11.5 Å². The van der Waals surface area contributed by atoms with Crippen LogP contribution >= 0.6 is 15.9 Å². The maximum atomic E-state index is 11.9. The van der Waals surface area contributed by atoms with Crippen molar-refractivity contribution in [2.24, 2.45) is 5.10 Å². The molecule has 0 saturated carbocycles. The molecular formula is C18H18BrN3O5. The molecule has 0 aliphatic rings. The number of hydrogen-bond donors (Lipinski definition) is 1. The molecule has 8 nitrogen and oxygen atoms in total. The Morgan fingerprint density at radius 1 is 1.26 bits per heavy atom. The van der Waals surface area contributed by atoms with Gasteiger partial charge in [0.1, 0.15) is 5.75 Å². The number of halogens is 1. The van der Waals surface area contributed by atoms with E-state index in [9.17, 15) is 14.9 Å². The number of nitro groups is 1. The van der Waals surface area contributed by atoms with E-state index in [0.717, 1.165) is 10.0 Å². The second kappa shape index (κ2) is 9.67. The largest absolute Gasteiger partial charge is 0.493 e. The lowest BCUT2D eigenvalue weighted by atomic mass is 10.2. The summed E-state index contributed by atoms with van der Waals surface area (Å²) >= 11 is 3.36. The van der Waals surface area contributed by atoms with E-state index in [-0.39, 0.29) is 11.4 Å². The first-order chi connectivity index (χ1) is 12.9. The van der Waals surface area contributed by atoms with Crippen LogP contribution in [0.4, 0.5) is 5.69 Å². The number of rotatable bonds is 8. The van der Waals surface area contributed by atoms with Gasteiger partial charge in [0.25, 0.3) is 5.91 Å². The fourth-order valence-electron chi connectivity index (χ4n) is 2.15. The Bertz CT molecular complexity index is 870. The van der Waals surface area contributed by atoms with Crippen LogP contribution < -0.4 is 14.9 Å². The van der Waals surface area contributed by atoms with Crippen LogP contribution in [-0.4, -0.2) is 30.3 Å². The Hall–Kier alpha value is -2.94. The van der Waals surface area contributed by atoms with Gasteiger partial charge in [-0.2, -0.15) is 5.10 Å². The van der Waals surface area contributed by atoms with Gasteiger partial charge in [0.2, 0.25) is 0 Å². The fourth-order valence-corrected chi connectivity index (χ4v) is 2.53. The van der Waals surface area contributed by atoms with Crippen molar-refractivity contribution >= 4 is 33.7 Å². The Morgan fingerprint density at radius 2 is 2.00 bits per heavy atom. The number of hydrogen-bond acceptors (Lipinski definition) is 6. The molecule has 0 heterocycles. The minimum Gasteiger partial charge on any atom is -0.493 e. The summed E-state index contributed by atoms with van der Waals surface area (Å²) in [5.74, 6) is 0.106. The van der Waals surface area contributed by atoms with Crippen molar-refractivity contribution in [2.45, 2.75) is 13.8 Å². The Kier molecular flexibility index (Phi) is 7.30. The van der Waals surface area contributed by atoms with Gasteiger partial charge in [-0.25, -0.2) is 5.43 Å². The summed E-state index contributed by atoms with van der Waals surface area (Å²) in [6, 6.07) is 9.93. The number of ether oxygens (including phenoxy) is 2. The van der Waals surface area contributed by atoms with Crippen LogP contribution in [-0.2, 0) is 4.79 Å². The SMILES string of the molecule is CCOc1ccc(Br)cc1C=NNC(=O)COc1ccc(C)cc1[N+](=O)[O-]. The zero-order chi connectivity index (χ0) is 19.8. The molecule has 1 N–H and O–H groups in total. The number of carbonyl (C=O) groups is 1. The van der Waals surface area contributed by atoms with E-state index in [1.54, 1.807) is 25.1 Å². The highest BCUT2D eigenvalue weighted by atomic mass is 79.9. The van der Waals surface area contributed by atoms with Crippen LogP contribution in [0.15, 0.2) is 46.0 Å². The highest BCUT2D eigenvalue weighted by molar-refractivity contribution is 9.10. The molecule has 0 aliphatic heterocycles. The van der Waals surface area contributed by atoms with Crippen LogP contribution in [0.5, 0.6) is 11.5 Å². The molecule has 27 heavy (non-hydrogen) atoms. The monoisotopic (exact) mass is 435 g/mol. The molecular weight excluding hydrogens is 418 g/mol. The second-order valence-electron chi connectivity index (χ2n) is 5.43. The molecule has 0 saturated heterocycles. The lowest BCUT2D eigenvalue weighted by Gasteiger charge is -2.08. The molecule has 0 unspecified atom stereocenters. The topological polar surface area (TPSA) is 103 Å². The number of nitrogens with zero attached hydrogens (tertiary/aromatic N) is 2. The molecule has 142 valence electrons. The van der Waals surface area contributed by atoms with Gasteiger partial charge in [0, 0.05) is 16.1 Å². The summed E-state index contributed by atoms with van der Waals surface area (Å²) in [6.45, 7) is 3.69. The predicted molar refractivity (Wildman–Crippen MR) is 104 cm³/mol. The molecule has 9 heteroatoms. The highest BCUT2D eigenvalue weighted by Gasteiger charge is 2.16. The molecule has 0 radical (unpaired) electrons. The van der Waals surface area contributed by atoms with Gasteiger partial charge in [-0.1, -0.05) is 22.0 Å². The second-order valence-corrected chi connectivity index (χ2v) is 6.34.